The number of carbonyl (C=O) groups is 1. The van der Waals surface area contributed by atoms with Crippen LogP contribution in [-0.2, 0) is 9.53 Å². The zero-order chi connectivity index (χ0) is 10.3. The van der Waals surface area contributed by atoms with Crippen molar-refractivity contribution in [1.82, 2.24) is 5.32 Å². The van der Waals surface area contributed by atoms with Crippen molar-refractivity contribution < 1.29 is 14.6 Å². The van der Waals surface area contributed by atoms with Crippen LogP contribution in [0, 0.1) is 0 Å². The van der Waals surface area contributed by atoms with Crippen molar-refractivity contribution in [2.24, 2.45) is 0 Å². The highest BCUT2D eigenvalue weighted by Crippen LogP contribution is 2.12. The number of nitrogens with one attached hydrogen (secondary N) is 1. The van der Waals surface area contributed by atoms with Crippen molar-refractivity contribution in [3.63, 3.8) is 0 Å². The van der Waals surface area contributed by atoms with Gasteiger partial charge in [-0.15, -0.1) is 0 Å². The Labute approximate surface area is 79.3 Å². The molecule has 0 saturated carbocycles. The van der Waals surface area contributed by atoms with E-state index in [1.807, 2.05) is 6.92 Å². The van der Waals surface area contributed by atoms with Gasteiger partial charge in [-0.05, 0) is 26.3 Å². The summed E-state index contributed by atoms with van der Waals surface area (Å²) in [5, 5.41) is 11.9. The zero-order valence-corrected chi connectivity index (χ0v) is 8.59. The summed E-state index contributed by atoms with van der Waals surface area (Å²) >= 11 is 0. The molecule has 4 heteroatoms. The molecule has 0 aromatic rings. The van der Waals surface area contributed by atoms with E-state index in [-0.39, 0.29) is 0 Å². The SMILES string of the molecule is CCNC(C)(CCCOC)C(=O)O. The first-order valence-electron chi connectivity index (χ1n) is 4.54. The number of carboxylic acid groups (broad SMARTS) is 1. The molecule has 0 aromatic carbocycles. The average molecular weight is 189 g/mol. The Balaban J connectivity index is 4.00. The van der Waals surface area contributed by atoms with Crippen molar-refractivity contribution in [2.45, 2.75) is 32.2 Å². The average Bonchev–Trinajstić information content (AvgIpc) is 2.05. The lowest BCUT2D eigenvalue weighted by molar-refractivity contribution is -0.144. The standard InChI is InChI=1S/C9H19NO3/c1-4-10-9(2,8(11)12)6-5-7-13-3/h10H,4-7H2,1-3H3,(H,11,12). The summed E-state index contributed by atoms with van der Waals surface area (Å²) in [7, 11) is 1.62. The maximum absolute atomic E-state index is 10.9. The fraction of sp³-hybridized carbons (Fsp3) is 0.889. The molecular weight excluding hydrogens is 170 g/mol. The molecule has 0 saturated heterocycles. The van der Waals surface area contributed by atoms with Crippen molar-refractivity contribution >= 4 is 5.97 Å². The van der Waals surface area contributed by atoms with E-state index in [9.17, 15) is 4.79 Å². The molecule has 2 N–H and O–H groups in total. The lowest BCUT2D eigenvalue weighted by Gasteiger charge is -2.25. The fourth-order valence-electron chi connectivity index (χ4n) is 1.23. The first kappa shape index (κ1) is 12.4. The molecule has 13 heavy (non-hydrogen) atoms. The summed E-state index contributed by atoms with van der Waals surface area (Å²) in [6, 6.07) is 0. The summed E-state index contributed by atoms with van der Waals surface area (Å²) in [5.74, 6) is -0.801. The molecule has 0 radical (unpaired) electrons. The second-order valence-electron chi connectivity index (χ2n) is 3.26. The molecule has 0 aliphatic rings. The predicted molar refractivity (Wildman–Crippen MR) is 50.8 cm³/mol. The molecule has 0 amide bonds. The van der Waals surface area contributed by atoms with Crippen LogP contribution in [0.1, 0.15) is 26.7 Å². The van der Waals surface area contributed by atoms with Crippen molar-refractivity contribution in [1.29, 1.82) is 0 Å². The van der Waals surface area contributed by atoms with Gasteiger partial charge < -0.3 is 15.2 Å². The summed E-state index contributed by atoms with van der Waals surface area (Å²) in [4.78, 5) is 10.9. The zero-order valence-electron chi connectivity index (χ0n) is 8.59. The lowest BCUT2D eigenvalue weighted by atomic mass is 9.96. The van der Waals surface area contributed by atoms with Gasteiger partial charge in [-0.2, -0.15) is 0 Å². The highest BCUT2D eigenvalue weighted by Gasteiger charge is 2.30. The number of aliphatic carboxylic acids is 1. The second kappa shape index (κ2) is 5.94. The van der Waals surface area contributed by atoms with Crippen molar-refractivity contribution in [3.05, 3.63) is 0 Å². The van der Waals surface area contributed by atoms with E-state index < -0.39 is 11.5 Å². The molecule has 0 fully saturated rings. The predicted octanol–water partition coefficient (Wildman–Crippen LogP) is 0.866. The molecule has 0 rings (SSSR count). The van der Waals surface area contributed by atoms with Crippen LogP contribution >= 0.6 is 0 Å². The van der Waals surface area contributed by atoms with Gasteiger partial charge in [0.25, 0.3) is 0 Å². The molecule has 4 nitrogen and oxygen atoms in total. The Bertz CT molecular complexity index is 161. The Morgan fingerprint density at radius 2 is 2.23 bits per heavy atom. The molecule has 0 aliphatic carbocycles. The number of hydrogen-bond acceptors (Lipinski definition) is 3. The van der Waals surface area contributed by atoms with E-state index in [1.54, 1.807) is 14.0 Å². The van der Waals surface area contributed by atoms with Gasteiger partial charge in [0.15, 0.2) is 0 Å². The molecule has 0 aromatic heterocycles. The van der Waals surface area contributed by atoms with E-state index in [1.165, 1.54) is 0 Å². The Morgan fingerprint density at radius 3 is 2.62 bits per heavy atom. The Hall–Kier alpha value is -0.610. The number of methoxy groups -OCH3 is 1. The van der Waals surface area contributed by atoms with Gasteiger partial charge >= 0.3 is 5.97 Å². The highest BCUT2D eigenvalue weighted by molar-refractivity contribution is 5.78. The number of likely N-dealkylation sites (N-methyl/N-ethyl adjacent to an activating group) is 1. The van der Waals surface area contributed by atoms with Crippen LogP contribution < -0.4 is 5.32 Å². The number of rotatable bonds is 7. The molecule has 1 atom stereocenters. The maximum Gasteiger partial charge on any atom is 0.323 e. The number of ether oxygens (including phenoxy) is 1. The third-order valence-electron chi connectivity index (χ3n) is 2.06. The van der Waals surface area contributed by atoms with Crippen LogP contribution in [0.5, 0.6) is 0 Å². The summed E-state index contributed by atoms with van der Waals surface area (Å²) in [5.41, 5.74) is -0.812. The van der Waals surface area contributed by atoms with Crippen molar-refractivity contribution in [3.8, 4) is 0 Å². The number of hydrogen-bond donors (Lipinski definition) is 2. The van der Waals surface area contributed by atoms with Gasteiger partial charge in [-0.3, -0.25) is 4.79 Å². The monoisotopic (exact) mass is 189 g/mol. The van der Waals surface area contributed by atoms with E-state index in [4.69, 9.17) is 9.84 Å². The number of carboxylic acids is 1. The molecule has 0 bridgehead atoms. The first-order valence-corrected chi connectivity index (χ1v) is 4.54. The Morgan fingerprint density at radius 1 is 1.62 bits per heavy atom. The quantitative estimate of drug-likeness (QED) is 0.583. The van der Waals surface area contributed by atoms with E-state index >= 15 is 0 Å². The second-order valence-corrected chi connectivity index (χ2v) is 3.26. The lowest BCUT2D eigenvalue weighted by Crippen LogP contribution is -2.49. The van der Waals surface area contributed by atoms with E-state index in [0.717, 1.165) is 6.42 Å². The van der Waals surface area contributed by atoms with E-state index in [2.05, 4.69) is 5.32 Å². The third kappa shape index (κ3) is 4.24. The van der Waals surface area contributed by atoms with E-state index in [0.29, 0.717) is 19.6 Å². The fourth-order valence-corrected chi connectivity index (χ4v) is 1.23. The molecule has 0 aliphatic heterocycles. The van der Waals surface area contributed by atoms with Crippen LogP contribution in [0.2, 0.25) is 0 Å². The van der Waals surface area contributed by atoms with Gasteiger partial charge in [0, 0.05) is 13.7 Å². The van der Waals surface area contributed by atoms with Gasteiger partial charge in [0.1, 0.15) is 5.54 Å². The molecular formula is C9H19NO3. The molecule has 78 valence electrons. The minimum absolute atomic E-state index is 0.587. The van der Waals surface area contributed by atoms with Crippen LogP contribution in [0.4, 0.5) is 0 Å². The van der Waals surface area contributed by atoms with Gasteiger partial charge in [-0.25, -0.2) is 0 Å². The summed E-state index contributed by atoms with van der Waals surface area (Å²) < 4.78 is 4.87. The van der Waals surface area contributed by atoms with Gasteiger partial charge in [0.2, 0.25) is 0 Å². The van der Waals surface area contributed by atoms with Crippen molar-refractivity contribution in [2.75, 3.05) is 20.3 Å². The third-order valence-corrected chi connectivity index (χ3v) is 2.06. The van der Waals surface area contributed by atoms with Crippen LogP contribution in [0.3, 0.4) is 0 Å². The normalized spacial score (nSPS) is 15.3. The first-order chi connectivity index (χ1) is 6.06. The van der Waals surface area contributed by atoms with Crippen LogP contribution in [0.15, 0.2) is 0 Å². The topological polar surface area (TPSA) is 58.6 Å². The summed E-state index contributed by atoms with van der Waals surface area (Å²) in [6.45, 7) is 4.87. The van der Waals surface area contributed by atoms with Crippen LogP contribution in [-0.4, -0.2) is 36.9 Å². The molecule has 1 unspecified atom stereocenters. The smallest absolute Gasteiger partial charge is 0.323 e. The van der Waals surface area contributed by atoms with Gasteiger partial charge in [-0.1, -0.05) is 6.92 Å². The molecule has 0 heterocycles. The largest absolute Gasteiger partial charge is 0.480 e. The minimum atomic E-state index is -0.812. The summed E-state index contributed by atoms with van der Waals surface area (Å²) in [6.07, 6.45) is 1.34. The Kier molecular flexibility index (Phi) is 5.66. The molecule has 0 spiro atoms. The van der Waals surface area contributed by atoms with Crippen LogP contribution in [0.25, 0.3) is 0 Å². The van der Waals surface area contributed by atoms with Gasteiger partial charge in [0.05, 0.1) is 0 Å². The minimum Gasteiger partial charge on any atom is -0.480 e. The highest BCUT2D eigenvalue weighted by atomic mass is 16.5. The maximum atomic E-state index is 10.9.